The van der Waals surface area contributed by atoms with E-state index in [4.69, 9.17) is 0 Å². The Bertz CT molecular complexity index is 154. The van der Waals surface area contributed by atoms with Crippen LogP contribution in [0.5, 0.6) is 0 Å². The van der Waals surface area contributed by atoms with E-state index in [1.807, 2.05) is 0 Å². The molecule has 0 aliphatic carbocycles. The van der Waals surface area contributed by atoms with Crippen molar-refractivity contribution in [3.05, 3.63) is 12.8 Å². The van der Waals surface area contributed by atoms with Gasteiger partial charge in [-0.3, -0.25) is 0 Å². The second-order valence-electron chi connectivity index (χ2n) is 5.36. The summed E-state index contributed by atoms with van der Waals surface area (Å²) in [7, 11) is 0. The first-order chi connectivity index (χ1) is 6.54. The van der Waals surface area contributed by atoms with Crippen LogP contribution in [0.4, 0.5) is 0 Å². The van der Waals surface area contributed by atoms with Gasteiger partial charge in [0.25, 0.3) is 0 Å². The van der Waals surface area contributed by atoms with Gasteiger partial charge in [0.15, 0.2) is 0 Å². The Morgan fingerprint density at radius 3 is 2.13 bits per heavy atom. The van der Waals surface area contributed by atoms with Crippen LogP contribution < -0.4 is 0 Å². The van der Waals surface area contributed by atoms with Gasteiger partial charge < -0.3 is 17.7 Å². The zero-order valence-corrected chi connectivity index (χ0v) is 13.5. The number of unbranched alkanes of at least 4 members (excludes halogenated alkanes) is 1. The number of likely N-dealkylation sites (tertiary alicyclic amines) is 1. The van der Waals surface area contributed by atoms with E-state index in [0.29, 0.717) is 5.54 Å². The molecule has 0 N–H and O–H groups in total. The van der Waals surface area contributed by atoms with Crippen molar-refractivity contribution < 1.29 is 32.7 Å². The largest absolute Gasteiger partial charge is 0.343 e. The van der Waals surface area contributed by atoms with Gasteiger partial charge in [0.1, 0.15) is 0 Å². The average molecular weight is 284 g/mol. The third kappa shape index (κ3) is 5.79. The summed E-state index contributed by atoms with van der Waals surface area (Å²) in [5.74, 6) is 1.77. The number of hydrogen-bond acceptors (Lipinski definition) is 1. The van der Waals surface area contributed by atoms with Crippen molar-refractivity contribution in [2.45, 2.75) is 58.4 Å². The van der Waals surface area contributed by atoms with Gasteiger partial charge in [-0.05, 0) is 33.9 Å². The zero-order valence-electron chi connectivity index (χ0n) is 10.7. The summed E-state index contributed by atoms with van der Waals surface area (Å²) < 4.78 is 0. The topological polar surface area (TPSA) is 3.24 Å². The Morgan fingerprint density at radius 2 is 1.73 bits per heavy atom. The van der Waals surface area contributed by atoms with Gasteiger partial charge in [-0.1, -0.05) is 0 Å². The normalized spacial score (nSPS) is 20.0. The van der Waals surface area contributed by atoms with Crippen molar-refractivity contribution in [2.75, 3.05) is 13.1 Å². The molecule has 0 aromatic rings. The van der Waals surface area contributed by atoms with Gasteiger partial charge in [-0.25, -0.2) is 0 Å². The van der Waals surface area contributed by atoms with Crippen molar-refractivity contribution in [1.82, 2.24) is 4.90 Å². The molecule has 15 heavy (non-hydrogen) atoms. The van der Waals surface area contributed by atoms with E-state index >= 15 is 0 Å². The van der Waals surface area contributed by atoms with Crippen LogP contribution in [0.15, 0.2) is 0 Å². The Morgan fingerprint density at radius 1 is 1.20 bits per heavy atom. The minimum absolute atomic E-state index is 0. The van der Waals surface area contributed by atoms with Gasteiger partial charge in [0.2, 0.25) is 0 Å². The van der Waals surface area contributed by atoms with E-state index in [1.165, 1.54) is 38.8 Å². The summed E-state index contributed by atoms with van der Waals surface area (Å²) in [5, 5.41) is 0. The molecule has 1 aliphatic heterocycles. The molecule has 1 radical (unpaired) electrons. The van der Waals surface area contributed by atoms with Gasteiger partial charge in [-0.2, -0.15) is 25.7 Å². The minimum Gasteiger partial charge on any atom is -0.343 e. The molecule has 1 nitrogen and oxygen atoms in total. The molecule has 1 fully saturated rings. The molecule has 0 aromatic carbocycles. The van der Waals surface area contributed by atoms with E-state index in [2.05, 4.69) is 32.6 Å². The predicted octanol–water partition coefficient (Wildman–Crippen LogP) is 3.46. The van der Waals surface area contributed by atoms with Gasteiger partial charge in [-0.15, -0.1) is 6.42 Å². The van der Waals surface area contributed by atoms with E-state index < -0.39 is 0 Å². The van der Waals surface area contributed by atoms with Crippen LogP contribution >= 0.6 is 0 Å². The number of rotatable bonds is 3. The van der Waals surface area contributed by atoms with Gasteiger partial charge >= 0.3 is 0 Å². The van der Waals surface area contributed by atoms with Gasteiger partial charge in [0.05, 0.1) is 0 Å². The first-order valence-electron chi connectivity index (χ1n) is 5.92. The van der Waals surface area contributed by atoms with Crippen LogP contribution in [-0.4, -0.2) is 23.5 Å². The van der Waals surface area contributed by atoms with E-state index in [0.717, 1.165) is 6.42 Å². The fraction of sp³-hybridized carbons (Fsp3) is 0.846. The van der Waals surface area contributed by atoms with Crippen molar-refractivity contribution in [3.8, 4) is 0 Å². The molecule has 2 heteroatoms. The maximum atomic E-state index is 3.90. The second kappa shape index (κ2) is 7.40. The number of nitrogens with zero attached hydrogens (tertiary/aromatic N) is 1. The fourth-order valence-corrected chi connectivity index (χ4v) is 2.12. The molecule has 0 saturated carbocycles. The molecule has 87 valence electrons. The average Bonchev–Trinajstić information content (AvgIpc) is 2.14. The molecule has 0 aromatic heterocycles. The standard InChI is InChI=1S/C13H25N.Y/c1-5-6-7-12-8-10-14(11-9-12)13(2,3)4;/h1,5-11H2,2-4H3;/q-2;. The molecule has 0 amide bonds. The summed E-state index contributed by atoms with van der Waals surface area (Å²) in [5.41, 5.74) is 0.359. The first kappa shape index (κ1) is 16.1. The van der Waals surface area contributed by atoms with Crippen LogP contribution in [0.25, 0.3) is 0 Å². The first-order valence-corrected chi connectivity index (χ1v) is 5.92. The quantitative estimate of drug-likeness (QED) is 0.717. The number of hydrogen-bond donors (Lipinski definition) is 0. The monoisotopic (exact) mass is 284 g/mol. The van der Waals surface area contributed by atoms with Crippen molar-refractivity contribution in [2.24, 2.45) is 0 Å². The van der Waals surface area contributed by atoms with E-state index in [-0.39, 0.29) is 32.7 Å². The van der Waals surface area contributed by atoms with E-state index in [1.54, 1.807) is 5.92 Å². The van der Waals surface area contributed by atoms with Crippen LogP contribution in [0, 0.1) is 12.8 Å². The summed E-state index contributed by atoms with van der Waals surface area (Å²) in [6.45, 7) is 13.4. The van der Waals surface area contributed by atoms with Crippen molar-refractivity contribution in [3.63, 3.8) is 0 Å². The molecule has 1 aliphatic rings. The smallest absolute Gasteiger partial charge is 0.0122 e. The van der Waals surface area contributed by atoms with E-state index in [9.17, 15) is 0 Å². The molecule has 0 atom stereocenters. The summed E-state index contributed by atoms with van der Waals surface area (Å²) in [4.78, 5) is 2.60. The molecule has 1 saturated heterocycles. The maximum absolute atomic E-state index is 3.90. The van der Waals surface area contributed by atoms with Crippen LogP contribution in [0.1, 0.15) is 52.9 Å². The SMILES string of the molecule is [CH2-]CCC[C-]1CCN(C(C)(C)C)CC1.[Y]. The minimum atomic E-state index is 0. The molecule has 0 spiro atoms. The fourth-order valence-electron chi connectivity index (χ4n) is 2.12. The van der Waals surface area contributed by atoms with Crippen molar-refractivity contribution >= 4 is 0 Å². The molecule has 0 unspecified atom stereocenters. The molecular weight excluding hydrogens is 259 g/mol. The summed E-state index contributed by atoms with van der Waals surface area (Å²) in [6, 6.07) is 0. The Balaban J connectivity index is 0.00000196. The summed E-state index contributed by atoms with van der Waals surface area (Å²) in [6.07, 6.45) is 6.33. The van der Waals surface area contributed by atoms with Crippen molar-refractivity contribution in [1.29, 1.82) is 0 Å². The maximum Gasteiger partial charge on any atom is 0.0122 e. The van der Waals surface area contributed by atoms with Crippen LogP contribution in [0.3, 0.4) is 0 Å². The summed E-state index contributed by atoms with van der Waals surface area (Å²) >= 11 is 0. The second-order valence-corrected chi connectivity index (χ2v) is 5.36. The molecule has 0 bridgehead atoms. The molecular formula is C13H25NY-2. The number of piperidine rings is 1. The third-order valence-corrected chi connectivity index (χ3v) is 3.20. The van der Waals surface area contributed by atoms with Gasteiger partial charge in [0, 0.05) is 38.2 Å². The molecule has 1 heterocycles. The predicted molar refractivity (Wildman–Crippen MR) is 63.0 cm³/mol. The Hall–Kier alpha value is 1.06. The Kier molecular flexibility index (Phi) is 7.93. The molecule has 1 rings (SSSR count). The Labute approximate surface area is 121 Å². The zero-order chi connectivity index (χ0) is 10.6. The third-order valence-electron chi connectivity index (χ3n) is 3.20. The van der Waals surface area contributed by atoms with Crippen LogP contribution in [-0.2, 0) is 32.7 Å². The van der Waals surface area contributed by atoms with Crippen LogP contribution in [0.2, 0.25) is 0 Å².